The van der Waals surface area contributed by atoms with Crippen LogP contribution in [0, 0.1) is 5.92 Å². The van der Waals surface area contributed by atoms with Crippen LogP contribution in [0.4, 0.5) is 18.9 Å². The van der Waals surface area contributed by atoms with Gasteiger partial charge in [0.15, 0.2) is 0 Å². The number of fused-ring (bicyclic) bond motifs is 1. The lowest BCUT2D eigenvalue weighted by Gasteiger charge is -2.19. The van der Waals surface area contributed by atoms with Gasteiger partial charge in [-0.05, 0) is 24.6 Å². The molecule has 0 saturated carbocycles. The van der Waals surface area contributed by atoms with Gasteiger partial charge >= 0.3 is 6.18 Å². The monoisotopic (exact) mass is 558 g/mol. The van der Waals surface area contributed by atoms with E-state index < -0.39 is 55.2 Å². The molecule has 2 atom stereocenters. The summed E-state index contributed by atoms with van der Waals surface area (Å²) in [6.45, 7) is 4.25. The van der Waals surface area contributed by atoms with E-state index in [1.54, 1.807) is 42.5 Å². The summed E-state index contributed by atoms with van der Waals surface area (Å²) in [6, 6.07) is 11.4. The molecule has 2 aromatic carbocycles. The maximum atomic E-state index is 12.9. The Bertz CT molecular complexity index is 1150. The molecular formula is C25H27Cl2F3N4O3. The minimum absolute atomic E-state index is 0.219. The number of hydrogen-bond donors (Lipinski definition) is 3. The molecule has 3 rings (SSSR count). The van der Waals surface area contributed by atoms with Crippen molar-refractivity contribution in [2.24, 2.45) is 16.6 Å². The number of carbonyl (C=O) groups is 3. The highest BCUT2D eigenvalue weighted by Crippen LogP contribution is 2.31. The van der Waals surface area contributed by atoms with Crippen LogP contribution in [0.25, 0.3) is 0 Å². The topological polar surface area (TPSA) is 114 Å². The normalized spacial score (nSPS) is 15.7. The zero-order valence-electron chi connectivity index (χ0n) is 20.2. The molecule has 4 N–H and O–H groups in total. The average Bonchev–Trinajstić information content (AvgIpc) is 2.94. The summed E-state index contributed by atoms with van der Waals surface area (Å²) in [6.07, 6.45) is -7.38. The minimum Gasteiger partial charge on any atom is -0.370 e. The second kappa shape index (κ2) is 13.4. The van der Waals surface area contributed by atoms with Crippen LogP contribution in [0.5, 0.6) is 0 Å². The van der Waals surface area contributed by atoms with Crippen molar-refractivity contribution in [1.82, 2.24) is 5.32 Å². The fourth-order valence-electron chi connectivity index (χ4n) is 3.39. The molecular weight excluding hydrogens is 532 g/mol. The van der Waals surface area contributed by atoms with Crippen molar-refractivity contribution in [2.45, 2.75) is 51.9 Å². The van der Waals surface area contributed by atoms with Crippen molar-refractivity contribution in [2.75, 3.05) is 5.32 Å². The number of rotatable bonds is 7. The number of nitrogens with one attached hydrogen (secondary N) is 2. The first-order valence-corrected chi connectivity index (χ1v) is 12.2. The lowest BCUT2D eigenvalue weighted by atomic mass is 9.97. The van der Waals surface area contributed by atoms with Gasteiger partial charge in [0, 0.05) is 34.9 Å². The number of benzene rings is 2. The highest BCUT2D eigenvalue weighted by Gasteiger charge is 2.34. The molecule has 37 heavy (non-hydrogen) atoms. The Kier molecular flexibility index (Phi) is 10.9. The molecule has 1 aliphatic heterocycles. The van der Waals surface area contributed by atoms with E-state index in [-0.39, 0.29) is 10.7 Å². The Morgan fingerprint density at radius 2 is 1.76 bits per heavy atom. The van der Waals surface area contributed by atoms with Crippen LogP contribution in [-0.2, 0) is 14.4 Å². The van der Waals surface area contributed by atoms with E-state index in [0.717, 1.165) is 0 Å². The molecule has 0 radical (unpaired) electrons. The minimum atomic E-state index is -4.53. The predicted molar refractivity (Wildman–Crippen MR) is 138 cm³/mol. The van der Waals surface area contributed by atoms with E-state index >= 15 is 0 Å². The molecule has 0 saturated heterocycles. The largest absolute Gasteiger partial charge is 0.389 e. The van der Waals surface area contributed by atoms with Gasteiger partial charge in [0.2, 0.25) is 18.0 Å². The van der Waals surface area contributed by atoms with Gasteiger partial charge in [-0.1, -0.05) is 67.7 Å². The first-order chi connectivity index (χ1) is 17.4. The van der Waals surface area contributed by atoms with Crippen LogP contribution in [0.15, 0.2) is 47.5 Å². The Labute approximate surface area is 222 Å². The van der Waals surface area contributed by atoms with Crippen LogP contribution in [-0.4, -0.2) is 35.8 Å². The molecule has 0 spiro atoms. The predicted octanol–water partition coefficient (Wildman–Crippen LogP) is 5.48. The number of halogens is 5. The number of nitrogens with zero attached hydrogens (tertiary/aromatic N) is 1. The van der Waals surface area contributed by atoms with Gasteiger partial charge in [0.1, 0.15) is 0 Å². The quantitative estimate of drug-likeness (QED) is 0.418. The van der Waals surface area contributed by atoms with Crippen molar-refractivity contribution in [3.05, 3.63) is 63.6 Å². The van der Waals surface area contributed by atoms with E-state index in [4.69, 9.17) is 28.9 Å². The summed E-state index contributed by atoms with van der Waals surface area (Å²) < 4.78 is 38.1. The van der Waals surface area contributed by atoms with Gasteiger partial charge in [0.25, 0.3) is 5.91 Å². The zero-order chi connectivity index (χ0) is 27.8. The van der Waals surface area contributed by atoms with Crippen molar-refractivity contribution < 1.29 is 27.6 Å². The molecule has 3 amide bonds. The molecule has 0 fully saturated rings. The molecule has 0 bridgehead atoms. The van der Waals surface area contributed by atoms with E-state index in [2.05, 4.69) is 29.5 Å². The second-order valence-electron chi connectivity index (χ2n) is 8.28. The van der Waals surface area contributed by atoms with Crippen LogP contribution >= 0.6 is 23.2 Å². The second-order valence-corrected chi connectivity index (χ2v) is 9.12. The smallest absolute Gasteiger partial charge is 0.370 e. The Hall–Kier alpha value is -3.11. The number of carbonyl (C=O) groups excluding carboxylic acids is 3. The van der Waals surface area contributed by atoms with E-state index in [9.17, 15) is 27.6 Å². The first-order valence-electron chi connectivity index (χ1n) is 11.4. The first kappa shape index (κ1) is 30.1. The van der Waals surface area contributed by atoms with Gasteiger partial charge in [0.05, 0.1) is 16.4 Å². The number of amides is 3. The molecule has 200 valence electrons. The highest BCUT2D eigenvalue weighted by atomic mass is 35.5. The number of nitrogens with two attached hydrogens (primary N) is 1. The molecule has 1 aliphatic rings. The van der Waals surface area contributed by atoms with Gasteiger partial charge in [-0.15, -0.1) is 0 Å². The highest BCUT2D eigenvalue weighted by molar-refractivity contribution is 6.36. The van der Waals surface area contributed by atoms with Crippen molar-refractivity contribution in [3.8, 4) is 0 Å². The number of hydrogen-bond acceptors (Lipinski definition) is 4. The standard InChI is InChI=1S/C22H19Cl2F3N4O3.C3H8/c23-13-6-4-11(5-7-13)17-14-2-1-3-15(24)18(14)30-21(34)19(29-17)31-20(33)12(10-16(28)32)8-9-22(25,26)27;1-3-2/h1-7,12,19H,8-10H2,(H2,28,32)(H,30,34)(H,31,33);3H2,1-2H3. The number of benzodiazepines with no additional fused rings is 1. The summed E-state index contributed by atoms with van der Waals surface area (Å²) in [5.74, 6) is -4.06. The van der Waals surface area contributed by atoms with Crippen molar-refractivity contribution in [3.63, 3.8) is 0 Å². The third-order valence-electron chi connectivity index (χ3n) is 5.01. The third kappa shape index (κ3) is 9.05. The zero-order valence-corrected chi connectivity index (χ0v) is 21.7. The molecule has 2 aromatic rings. The molecule has 1 heterocycles. The summed E-state index contributed by atoms with van der Waals surface area (Å²) in [7, 11) is 0. The number of aliphatic imine (C=N–C) groups is 1. The number of primary amides is 1. The average molecular weight is 559 g/mol. The summed E-state index contributed by atoms with van der Waals surface area (Å²) in [4.78, 5) is 41.4. The van der Waals surface area contributed by atoms with Crippen molar-refractivity contribution in [1.29, 1.82) is 0 Å². The van der Waals surface area contributed by atoms with Crippen LogP contribution in [0.2, 0.25) is 10.0 Å². The van der Waals surface area contributed by atoms with Gasteiger partial charge in [-0.25, -0.2) is 4.99 Å². The third-order valence-corrected chi connectivity index (χ3v) is 5.58. The fourth-order valence-corrected chi connectivity index (χ4v) is 3.74. The van der Waals surface area contributed by atoms with Gasteiger partial charge < -0.3 is 16.4 Å². The van der Waals surface area contributed by atoms with Crippen LogP contribution < -0.4 is 16.4 Å². The van der Waals surface area contributed by atoms with Crippen LogP contribution in [0.1, 0.15) is 50.7 Å². The molecule has 0 aromatic heterocycles. The molecule has 0 aliphatic carbocycles. The van der Waals surface area contributed by atoms with Crippen molar-refractivity contribution >= 4 is 52.3 Å². The lowest BCUT2D eigenvalue weighted by molar-refractivity contribution is -0.143. The summed E-state index contributed by atoms with van der Waals surface area (Å²) in [5.41, 5.74) is 6.67. The van der Waals surface area contributed by atoms with Gasteiger partial charge in [-0.3, -0.25) is 14.4 Å². The van der Waals surface area contributed by atoms with E-state index in [0.29, 0.717) is 21.9 Å². The fraction of sp³-hybridized carbons (Fsp3) is 0.360. The summed E-state index contributed by atoms with van der Waals surface area (Å²) >= 11 is 12.2. The molecule has 7 nitrogen and oxygen atoms in total. The van der Waals surface area contributed by atoms with Crippen LogP contribution in [0.3, 0.4) is 0 Å². The van der Waals surface area contributed by atoms with E-state index in [1.165, 1.54) is 6.42 Å². The number of para-hydroxylation sites is 1. The number of alkyl halides is 3. The van der Waals surface area contributed by atoms with Gasteiger partial charge in [-0.2, -0.15) is 13.2 Å². The summed E-state index contributed by atoms with van der Waals surface area (Å²) in [5, 5.41) is 5.61. The molecule has 2 unspecified atom stereocenters. The Morgan fingerprint density at radius 3 is 2.32 bits per heavy atom. The maximum absolute atomic E-state index is 12.9. The van der Waals surface area contributed by atoms with E-state index in [1.807, 2.05) is 0 Å². The Morgan fingerprint density at radius 1 is 1.14 bits per heavy atom. The maximum Gasteiger partial charge on any atom is 0.389 e. The SMILES string of the molecule is CCC.NC(=O)CC(CCC(F)(F)F)C(=O)NC1N=C(c2ccc(Cl)cc2)c2cccc(Cl)c2NC1=O. The number of anilines is 1. The lowest BCUT2D eigenvalue weighted by Crippen LogP contribution is -2.45. The Balaban J connectivity index is 0.00000153. The molecule has 12 heteroatoms.